The largest absolute Gasteiger partial charge is 0.488 e. The van der Waals surface area contributed by atoms with E-state index in [0.29, 0.717) is 29.8 Å². The van der Waals surface area contributed by atoms with Crippen molar-refractivity contribution in [2.45, 2.75) is 12.5 Å². The van der Waals surface area contributed by atoms with E-state index in [0.717, 1.165) is 5.69 Å². The smallest absolute Gasteiger partial charge is 0.278 e. The first-order chi connectivity index (χ1) is 11.0. The van der Waals surface area contributed by atoms with E-state index < -0.39 is 5.54 Å². The number of hydrogen-bond acceptors (Lipinski definition) is 6. The Balaban J connectivity index is 2.04. The van der Waals surface area contributed by atoms with Crippen LogP contribution in [0.2, 0.25) is 0 Å². The van der Waals surface area contributed by atoms with Crippen molar-refractivity contribution in [3.63, 3.8) is 0 Å². The van der Waals surface area contributed by atoms with Crippen LogP contribution in [0.25, 0.3) is 0 Å². The molecule has 1 atom stereocenters. The first kappa shape index (κ1) is 15.3. The van der Waals surface area contributed by atoms with Crippen molar-refractivity contribution in [1.82, 2.24) is 9.97 Å². The van der Waals surface area contributed by atoms with Crippen LogP contribution in [0.1, 0.15) is 12.6 Å². The van der Waals surface area contributed by atoms with Gasteiger partial charge in [0.05, 0.1) is 31.8 Å². The Kier molecular flexibility index (Phi) is 3.71. The van der Waals surface area contributed by atoms with E-state index in [2.05, 4.69) is 9.97 Å². The van der Waals surface area contributed by atoms with Gasteiger partial charge in [0.25, 0.3) is 11.8 Å². The summed E-state index contributed by atoms with van der Waals surface area (Å²) in [4.78, 5) is 10.7. The number of anilines is 1. The molecule has 0 spiro atoms. The average Bonchev–Trinajstić information content (AvgIpc) is 2.57. The van der Waals surface area contributed by atoms with Crippen molar-refractivity contribution in [2.75, 3.05) is 32.8 Å². The highest BCUT2D eigenvalue weighted by Gasteiger charge is 2.40. The summed E-state index contributed by atoms with van der Waals surface area (Å²) in [5.41, 5.74) is 0.890. The molecule has 0 radical (unpaired) electrons. The third-order valence-electron chi connectivity index (χ3n) is 4.18. The quantitative estimate of drug-likeness (QED) is 0.866. The van der Waals surface area contributed by atoms with Crippen molar-refractivity contribution >= 4 is 5.69 Å². The number of likely N-dealkylation sites (N-methyl/N-ethyl adjacent to an activating group) is 1. The fourth-order valence-corrected chi connectivity index (χ4v) is 2.60. The number of methoxy groups -OCH3 is 2. The number of ether oxygens (including phenoxy) is 3. The fourth-order valence-electron chi connectivity index (χ4n) is 2.60. The molecular weight excluding hydrogens is 301 g/mol. The van der Waals surface area contributed by atoms with Gasteiger partial charge in [0, 0.05) is 13.1 Å². The van der Waals surface area contributed by atoms with Crippen LogP contribution >= 0.6 is 0 Å². The Bertz CT molecular complexity index is 741. The van der Waals surface area contributed by atoms with Crippen molar-refractivity contribution < 1.29 is 18.6 Å². The minimum absolute atomic E-state index is 0.310. The van der Waals surface area contributed by atoms with E-state index in [1.807, 2.05) is 18.9 Å². The minimum Gasteiger partial charge on any atom is -0.488 e. The Hall–Kier alpha value is -2.57. The molecule has 7 heteroatoms. The highest BCUT2D eigenvalue weighted by Crippen LogP contribution is 2.42. The van der Waals surface area contributed by atoms with Gasteiger partial charge in [-0.1, -0.05) is 0 Å². The zero-order valence-electron chi connectivity index (χ0n) is 13.5. The maximum atomic E-state index is 13.4. The molecule has 0 N–H and O–H groups in total. The normalized spacial score (nSPS) is 19.8. The Labute approximate surface area is 133 Å². The van der Waals surface area contributed by atoms with Crippen molar-refractivity contribution in [2.24, 2.45) is 0 Å². The Morgan fingerprint density at radius 2 is 2.00 bits per heavy atom. The second kappa shape index (κ2) is 5.57. The van der Waals surface area contributed by atoms with Gasteiger partial charge in [-0.3, -0.25) is 0 Å². The van der Waals surface area contributed by atoms with Gasteiger partial charge in [0.1, 0.15) is 23.7 Å². The summed E-state index contributed by atoms with van der Waals surface area (Å²) in [7, 11) is 4.93. The van der Waals surface area contributed by atoms with E-state index in [9.17, 15) is 4.39 Å². The number of halogens is 1. The number of fused-ring (bicyclic) bond motifs is 1. The SMILES string of the molecule is COc1ncc(C2(C)COc3cc(F)ccc3N2C)nc1OC. The third-order valence-corrected chi connectivity index (χ3v) is 4.18. The maximum absolute atomic E-state index is 13.4. The van der Waals surface area contributed by atoms with Crippen LogP contribution in [0.3, 0.4) is 0 Å². The topological polar surface area (TPSA) is 56.7 Å². The Morgan fingerprint density at radius 1 is 1.26 bits per heavy atom. The molecule has 23 heavy (non-hydrogen) atoms. The Morgan fingerprint density at radius 3 is 2.70 bits per heavy atom. The number of aromatic nitrogens is 2. The zero-order valence-corrected chi connectivity index (χ0v) is 13.5. The lowest BCUT2D eigenvalue weighted by atomic mass is 9.94. The minimum atomic E-state index is -0.572. The van der Waals surface area contributed by atoms with Crippen LogP contribution in [0, 0.1) is 5.82 Å². The van der Waals surface area contributed by atoms with Crippen LogP contribution in [0.15, 0.2) is 24.4 Å². The zero-order chi connectivity index (χ0) is 16.6. The molecule has 122 valence electrons. The molecule has 2 aromatic rings. The number of hydrogen-bond donors (Lipinski definition) is 0. The number of rotatable bonds is 3. The molecule has 2 heterocycles. The van der Waals surface area contributed by atoms with Crippen LogP contribution in [-0.2, 0) is 5.54 Å². The van der Waals surface area contributed by atoms with E-state index in [1.54, 1.807) is 12.3 Å². The number of nitrogens with zero attached hydrogens (tertiary/aromatic N) is 3. The van der Waals surface area contributed by atoms with Crippen molar-refractivity contribution in [3.05, 3.63) is 35.9 Å². The summed E-state index contributed by atoms with van der Waals surface area (Å²) in [5.74, 6) is 0.816. The molecule has 1 aromatic carbocycles. The predicted octanol–water partition coefficient (Wildman–Crippen LogP) is 2.38. The van der Waals surface area contributed by atoms with E-state index in [4.69, 9.17) is 14.2 Å². The van der Waals surface area contributed by atoms with E-state index in [-0.39, 0.29) is 5.82 Å². The monoisotopic (exact) mass is 319 g/mol. The molecule has 3 rings (SSSR count). The lowest BCUT2D eigenvalue weighted by molar-refractivity contribution is 0.199. The first-order valence-electron chi connectivity index (χ1n) is 7.11. The van der Waals surface area contributed by atoms with Gasteiger partial charge < -0.3 is 19.1 Å². The van der Waals surface area contributed by atoms with Crippen molar-refractivity contribution in [3.8, 4) is 17.5 Å². The highest BCUT2D eigenvalue weighted by molar-refractivity contribution is 5.62. The second-order valence-electron chi connectivity index (χ2n) is 5.51. The van der Waals surface area contributed by atoms with Crippen LogP contribution in [0.4, 0.5) is 10.1 Å². The standard InChI is InChI=1S/C16H18FN3O3/c1-16(13-8-18-14(21-3)15(19-13)22-4)9-23-12-7-10(17)5-6-11(12)20(16)2/h5-8H,9H2,1-4H3. The second-order valence-corrected chi connectivity index (χ2v) is 5.51. The van der Waals surface area contributed by atoms with Gasteiger partial charge in [-0.15, -0.1) is 0 Å². The molecule has 1 aliphatic rings. The lowest BCUT2D eigenvalue weighted by Gasteiger charge is -2.43. The molecule has 0 fully saturated rings. The summed E-state index contributed by atoms with van der Waals surface area (Å²) >= 11 is 0. The van der Waals surface area contributed by atoms with Gasteiger partial charge in [0.15, 0.2) is 0 Å². The van der Waals surface area contributed by atoms with Crippen LogP contribution < -0.4 is 19.1 Å². The summed E-state index contributed by atoms with van der Waals surface area (Å²) in [6, 6.07) is 4.48. The van der Waals surface area contributed by atoms with Crippen LogP contribution in [0.5, 0.6) is 17.5 Å². The van der Waals surface area contributed by atoms with Crippen molar-refractivity contribution in [1.29, 1.82) is 0 Å². The molecule has 0 bridgehead atoms. The van der Waals surface area contributed by atoms with Gasteiger partial charge in [-0.25, -0.2) is 14.4 Å². The predicted molar refractivity (Wildman–Crippen MR) is 82.8 cm³/mol. The maximum Gasteiger partial charge on any atom is 0.278 e. The van der Waals surface area contributed by atoms with Crippen LogP contribution in [-0.4, -0.2) is 37.8 Å². The van der Waals surface area contributed by atoms with E-state index >= 15 is 0 Å². The summed E-state index contributed by atoms with van der Waals surface area (Å²) in [6.07, 6.45) is 1.63. The molecular formula is C16H18FN3O3. The lowest BCUT2D eigenvalue weighted by Crippen LogP contribution is -2.49. The molecule has 1 aromatic heterocycles. The average molecular weight is 319 g/mol. The van der Waals surface area contributed by atoms with Gasteiger partial charge >= 0.3 is 0 Å². The third kappa shape index (κ3) is 2.42. The summed E-state index contributed by atoms with van der Waals surface area (Å²) < 4.78 is 29.5. The first-order valence-corrected chi connectivity index (χ1v) is 7.11. The summed E-state index contributed by atoms with van der Waals surface area (Å²) in [6.45, 7) is 2.29. The molecule has 6 nitrogen and oxygen atoms in total. The van der Waals surface area contributed by atoms with Gasteiger partial charge in [0.2, 0.25) is 0 Å². The molecule has 0 aliphatic carbocycles. The molecule has 1 unspecified atom stereocenters. The molecule has 0 amide bonds. The van der Waals surface area contributed by atoms with Gasteiger partial charge in [-0.05, 0) is 19.1 Å². The van der Waals surface area contributed by atoms with E-state index in [1.165, 1.54) is 26.4 Å². The molecule has 0 saturated carbocycles. The van der Waals surface area contributed by atoms with Gasteiger partial charge in [-0.2, -0.15) is 0 Å². The summed E-state index contributed by atoms with van der Waals surface area (Å²) in [5, 5.41) is 0. The molecule has 0 saturated heterocycles. The fraction of sp³-hybridized carbons (Fsp3) is 0.375. The highest BCUT2D eigenvalue weighted by atomic mass is 19.1. The molecule has 1 aliphatic heterocycles. The number of benzene rings is 1.